The molecule has 13 nitrogen and oxygen atoms in total. The van der Waals surface area contributed by atoms with Crippen molar-refractivity contribution in [2.75, 3.05) is 43.4 Å². The van der Waals surface area contributed by atoms with Gasteiger partial charge in [0.1, 0.15) is 5.02 Å². The molecule has 3 N–H and O–H groups in total. The van der Waals surface area contributed by atoms with Gasteiger partial charge >= 0.3 is 24.3 Å². The van der Waals surface area contributed by atoms with E-state index in [2.05, 4.69) is 35.6 Å². The second kappa shape index (κ2) is 13.4. The molecule has 3 aliphatic rings. The minimum Gasteiger partial charge on any atom is -0.440 e. The lowest BCUT2D eigenvalue weighted by molar-refractivity contribution is -0.216. The number of nitrogens with zero attached hydrogens (tertiary/aromatic N) is 4. The van der Waals surface area contributed by atoms with E-state index in [4.69, 9.17) is 21.1 Å². The molecule has 2 aromatic heterocycles. The number of benzene rings is 1. The maximum Gasteiger partial charge on any atom is 0.491 e. The number of carbonyl (C=O) groups is 2. The van der Waals surface area contributed by atoms with Crippen LogP contribution in [0.3, 0.4) is 0 Å². The van der Waals surface area contributed by atoms with E-state index in [-0.39, 0.29) is 17.7 Å². The van der Waals surface area contributed by atoms with Crippen molar-refractivity contribution in [2.24, 2.45) is 5.41 Å². The summed E-state index contributed by atoms with van der Waals surface area (Å²) in [6, 6.07) is 6.27. The SMILES string of the molecule is CCn1c(=O)c(OC(OC(=O)C(F)(F)F)C(=O)NC)cc2cc(Nc3nc(N4CCC(OC5CC6(CNC6)C5)CC4)ncc3Cl)ccc21. The predicted molar refractivity (Wildman–Crippen MR) is 169 cm³/mol. The van der Waals surface area contributed by atoms with Gasteiger partial charge in [0.15, 0.2) is 11.6 Å². The number of likely N-dealkylation sites (N-methyl/N-ethyl adjacent to an activating group) is 1. The summed E-state index contributed by atoms with van der Waals surface area (Å²) in [4.78, 5) is 48.0. The van der Waals surface area contributed by atoms with E-state index >= 15 is 0 Å². The van der Waals surface area contributed by atoms with Crippen LogP contribution in [0, 0.1) is 5.41 Å². The molecule has 1 spiro atoms. The lowest BCUT2D eigenvalue weighted by Gasteiger charge is -2.54. The van der Waals surface area contributed by atoms with Crippen molar-refractivity contribution in [1.82, 2.24) is 25.2 Å². The smallest absolute Gasteiger partial charge is 0.440 e. The van der Waals surface area contributed by atoms with Gasteiger partial charge in [-0.15, -0.1) is 0 Å². The van der Waals surface area contributed by atoms with E-state index < -0.39 is 35.7 Å². The molecule has 0 radical (unpaired) electrons. The second-order valence-electron chi connectivity index (χ2n) is 12.2. The molecule has 17 heteroatoms. The first kappa shape index (κ1) is 33.7. The fourth-order valence-corrected chi connectivity index (χ4v) is 6.47. The van der Waals surface area contributed by atoms with Crippen molar-refractivity contribution in [3.63, 3.8) is 0 Å². The molecular formula is C31H35ClF3N7O6. The van der Waals surface area contributed by atoms with Crippen LogP contribution in [0.5, 0.6) is 5.75 Å². The average molecular weight is 694 g/mol. The van der Waals surface area contributed by atoms with Gasteiger partial charge in [-0.1, -0.05) is 11.6 Å². The fraction of sp³-hybridized carbons (Fsp3) is 0.516. The summed E-state index contributed by atoms with van der Waals surface area (Å²) in [5.41, 5.74) is 0.715. The van der Waals surface area contributed by atoms with E-state index in [9.17, 15) is 27.6 Å². The van der Waals surface area contributed by atoms with Crippen LogP contribution in [-0.4, -0.2) is 84.3 Å². The third-order valence-corrected chi connectivity index (χ3v) is 9.22. The first-order chi connectivity index (χ1) is 22.9. The summed E-state index contributed by atoms with van der Waals surface area (Å²) in [5.74, 6) is -3.50. The molecule has 1 amide bonds. The number of anilines is 3. The average Bonchev–Trinajstić information content (AvgIpc) is 3.02. The van der Waals surface area contributed by atoms with Gasteiger partial charge in [0.25, 0.3) is 5.56 Å². The highest BCUT2D eigenvalue weighted by Gasteiger charge is 2.49. The van der Waals surface area contributed by atoms with Crippen molar-refractivity contribution in [2.45, 2.75) is 63.8 Å². The van der Waals surface area contributed by atoms with Crippen LogP contribution >= 0.6 is 11.6 Å². The standard InChI is InChI=1S/C31H35ClF3N7O6/c1-3-42-22-5-4-18(10-17(22)11-23(26(42)44)47-27(25(43)36-2)48-28(45)31(33,34)35)39-24-21(32)14-38-29(40-24)41-8-6-19(7-9-41)46-20-12-30(13-20)15-37-16-30/h4-5,10-11,14,19-20,27,37H,3,6-9,12-13,15-16H2,1-2H3,(H,36,43)(H,38,39,40). The zero-order valence-corrected chi connectivity index (χ0v) is 27.0. The Morgan fingerprint density at radius 3 is 2.52 bits per heavy atom. The van der Waals surface area contributed by atoms with Crippen molar-refractivity contribution in [3.8, 4) is 5.75 Å². The minimum atomic E-state index is -5.39. The molecule has 1 aromatic carbocycles. The maximum atomic E-state index is 13.2. The van der Waals surface area contributed by atoms with Gasteiger partial charge in [-0.3, -0.25) is 9.59 Å². The Kier molecular flexibility index (Phi) is 9.42. The number of rotatable bonds is 10. The van der Waals surface area contributed by atoms with Gasteiger partial charge in [-0.05, 0) is 56.9 Å². The Hall–Kier alpha value is -4.15. The van der Waals surface area contributed by atoms with Crippen molar-refractivity contribution in [1.29, 1.82) is 0 Å². The van der Waals surface area contributed by atoms with Gasteiger partial charge in [-0.25, -0.2) is 9.78 Å². The highest BCUT2D eigenvalue weighted by atomic mass is 35.5. The number of fused-ring (bicyclic) bond motifs is 1. The number of alkyl halides is 3. The lowest BCUT2D eigenvalue weighted by atomic mass is 9.63. The Labute approximate surface area is 278 Å². The Balaban J connectivity index is 1.17. The van der Waals surface area contributed by atoms with Crippen LogP contribution in [-0.2, 0) is 25.6 Å². The van der Waals surface area contributed by atoms with Crippen molar-refractivity contribution >= 4 is 51.8 Å². The molecule has 0 bridgehead atoms. The number of esters is 1. The Morgan fingerprint density at radius 1 is 1.17 bits per heavy atom. The van der Waals surface area contributed by atoms with Gasteiger partial charge < -0.3 is 39.6 Å². The van der Waals surface area contributed by atoms with E-state index in [1.54, 1.807) is 25.1 Å². The predicted octanol–water partition coefficient (Wildman–Crippen LogP) is 3.50. The molecule has 6 rings (SSSR count). The van der Waals surface area contributed by atoms with E-state index in [0.29, 0.717) is 39.9 Å². The Bertz CT molecular complexity index is 1750. The molecule has 1 saturated carbocycles. The monoisotopic (exact) mass is 693 g/mol. The molecule has 48 heavy (non-hydrogen) atoms. The molecule has 4 heterocycles. The number of hydrogen-bond donors (Lipinski definition) is 3. The summed E-state index contributed by atoms with van der Waals surface area (Å²) in [6.07, 6.45) is -1.72. The topological polar surface area (TPSA) is 149 Å². The minimum absolute atomic E-state index is 0.161. The van der Waals surface area contributed by atoms with Crippen LogP contribution in [0.1, 0.15) is 32.6 Å². The normalized spacial score (nSPS) is 18.6. The van der Waals surface area contributed by atoms with E-state index in [0.717, 1.165) is 58.9 Å². The van der Waals surface area contributed by atoms with Gasteiger partial charge in [-0.2, -0.15) is 18.2 Å². The number of hydrogen-bond acceptors (Lipinski definition) is 11. The van der Waals surface area contributed by atoms with Gasteiger partial charge in [0.2, 0.25) is 5.95 Å². The molecule has 1 atom stereocenters. The number of nitrogens with one attached hydrogen (secondary N) is 3. The van der Waals surface area contributed by atoms with Crippen molar-refractivity contribution in [3.05, 3.63) is 45.8 Å². The van der Waals surface area contributed by atoms with Crippen LogP contribution in [0.2, 0.25) is 5.02 Å². The quantitative estimate of drug-likeness (QED) is 0.212. The first-order valence-corrected chi connectivity index (χ1v) is 16.0. The van der Waals surface area contributed by atoms with Crippen LogP contribution in [0.15, 0.2) is 35.3 Å². The number of ether oxygens (including phenoxy) is 3. The summed E-state index contributed by atoms with van der Waals surface area (Å²) >= 11 is 6.46. The zero-order chi connectivity index (χ0) is 34.2. The van der Waals surface area contributed by atoms with E-state index in [1.807, 2.05) is 0 Å². The zero-order valence-electron chi connectivity index (χ0n) is 26.2. The molecule has 2 aliphatic heterocycles. The number of halogens is 4. The molecular weight excluding hydrogens is 659 g/mol. The number of amides is 1. The molecule has 1 unspecified atom stereocenters. The summed E-state index contributed by atoms with van der Waals surface area (Å²) in [5, 5.41) is 9.26. The molecule has 3 aromatic rings. The number of pyridine rings is 1. The summed E-state index contributed by atoms with van der Waals surface area (Å²) < 4.78 is 55.7. The van der Waals surface area contributed by atoms with Crippen LogP contribution < -0.4 is 31.1 Å². The highest BCUT2D eigenvalue weighted by Crippen LogP contribution is 2.46. The summed E-state index contributed by atoms with van der Waals surface area (Å²) in [6.45, 7) is 5.49. The number of carbonyl (C=O) groups excluding carboxylic acids is 2. The van der Waals surface area contributed by atoms with Gasteiger partial charge in [0, 0.05) is 56.3 Å². The molecule has 2 saturated heterocycles. The third kappa shape index (κ3) is 7.00. The Morgan fingerprint density at radius 2 is 1.90 bits per heavy atom. The second-order valence-corrected chi connectivity index (χ2v) is 12.7. The van der Waals surface area contributed by atoms with Crippen LogP contribution in [0.4, 0.5) is 30.6 Å². The molecule has 1 aliphatic carbocycles. The molecule has 3 fully saturated rings. The van der Waals surface area contributed by atoms with Gasteiger partial charge in [0.05, 0.1) is 23.9 Å². The number of aromatic nitrogens is 3. The number of aryl methyl sites for hydroxylation is 1. The first-order valence-electron chi connectivity index (χ1n) is 15.6. The lowest BCUT2D eigenvalue weighted by Crippen LogP contribution is -2.62. The fourth-order valence-electron chi connectivity index (χ4n) is 6.33. The molecule has 258 valence electrons. The summed E-state index contributed by atoms with van der Waals surface area (Å²) in [7, 11) is 1.11. The van der Waals surface area contributed by atoms with E-state index in [1.165, 1.54) is 16.8 Å². The van der Waals surface area contributed by atoms with Crippen molar-refractivity contribution < 1.29 is 37.0 Å². The highest BCUT2D eigenvalue weighted by molar-refractivity contribution is 6.32. The number of piperidine rings is 1. The third-order valence-electron chi connectivity index (χ3n) is 8.94. The van der Waals surface area contributed by atoms with Crippen LogP contribution in [0.25, 0.3) is 10.9 Å². The maximum absolute atomic E-state index is 13.2. The largest absolute Gasteiger partial charge is 0.491 e.